The number of nitrogens with zero attached hydrogens (tertiary/aromatic N) is 3. The summed E-state index contributed by atoms with van der Waals surface area (Å²) in [6.45, 7) is 0.317. The first-order valence-electron chi connectivity index (χ1n) is 12.4. The molecule has 0 saturated heterocycles. The number of benzene rings is 3. The molecule has 38 heavy (non-hydrogen) atoms. The van der Waals surface area contributed by atoms with Crippen molar-refractivity contribution in [3.05, 3.63) is 95.3 Å². The Bertz CT molecular complexity index is 1560. The van der Waals surface area contributed by atoms with E-state index >= 15 is 0 Å². The van der Waals surface area contributed by atoms with E-state index in [2.05, 4.69) is 47.8 Å². The van der Waals surface area contributed by atoms with Crippen LogP contribution in [0.3, 0.4) is 0 Å². The van der Waals surface area contributed by atoms with E-state index in [0.29, 0.717) is 40.4 Å². The van der Waals surface area contributed by atoms with Crippen LogP contribution in [0.1, 0.15) is 55.0 Å². The molecule has 6 nitrogen and oxygen atoms in total. The number of hydrogen-bond acceptors (Lipinski definition) is 5. The van der Waals surface area contributed by atoms with Crippen molar-refractivity contribution in [1.29, 1.82) is 0 Å². The normalized spacial score (nSPS) is 14.3. The molecule has 9 heteroatoms. The molecule has 0 amide bonds. The number of aromatic nitrogens is 2. The van der Waals surface area contributed by atoms with Crippen LogP contribution in [0.4, 0.5) is 0 Å². The summed E-state index contributed by atoms with van der Waals surface area (Å²) in [6, 6.07) is 17.1. The van der Waals surface area contributed by atoms with Crippen LogP contribution in [0.2, 0.25) is 0 Å². The lowest BCUT2D eigenvalue weighted by Crippen LogP contribution is -2.25. The average Bonchev–Trinajstić information content (AvgIpc) is 2.93. The summed E-state index contributed by atoms with van der Waals surface area (Å²) in [7, 11) is 1.60. The third-order valence-electron chi connectivity index (χ3n) is 6.72. The van der Waals surface area contributed by atoms with Gasteiger partial charge in [-0.15, -0.1) is 0 Å². The van der Waals surface area contributed by atoms with Gasteiger partial charge in [0.05, 0.1) is 24.2 Å². The molecule has 0 N–H and O–H groups in total. The Balaban J connectivity index is 1.57. The van der Waals surface area contributed by atoms with E-state index < -0.39 is 0 Å². The van der Waals surface area contributed by atoms with Gasteiger partial charge in [0, 0.05) is 30.5 Å². The molecule has 1 aromatic heterocycles. The quantitative estimate of drug-likeness (QED) is 0.182. The van der Waals surface area contributed by atoms with Crippen LogP contribution >= 0.6 is 47.8 Å². The smallest absolute Gasteiger partial charge is 0.282 e. The highest BCUT2D eigenvalue weighted by atomic mass is 79.9. The van der Waals surface area contributed by atoms with Crippen LogP contribution in [-0.4, -0.2) is 23.0 Å². The first kappa shape index (κ1) is 27.1. The van der Waals surface area contributed by atoms with Crippen LogP contribution in [-0.2, 0) is 6.61 Å². The Labute approximate surface area is 246 Å². The first-order chi connectivity index (χ1) is 18.4. The number of methoxy groups -OCH3 is 1. The van der Waals surface area contributed by atoms with Crippen LogP contribution in [0.25, 0.3) is 10.9 Å². The molecule has 196 valence electrons. The average molecular weight is 704 g/mol. The summed E-state index contributed by atoms with van der Waals surface area (Å²) >= 11 is 10.7. The fraction of sp³-hybridized carbons (Fsp3) is 0.276. The van der Waals surface area contributed by atoms with Gasteiger partial charge in [-0.25, -0.2) is 4.98 Å². The molecule has 3 aromatic carbocycles. The zero-order chi connectivity index (χ0) is 26.6. The fourth-order valence-corrected chi connectivity index (χ4v) is 6.39. The molecule has 1 aliphatic carbocycles. The molecule has 0 radical (unpaired) electrons. The maximum Gasteiger partial charge on any atom is 0.282 e. The second-order valence-corrected chi connectivity index (χ2v) is 11.9. The molecule has 0 aliphatic heterocycles. The van der Waals surface area contributed by atoms with Gasteiger partial charge in [0.25, 0.3) is 5.56 Å². The maximum absolute atomic E-state index is 13.6. The van der Waals surface area contributed by atoms with Crippen molar-refractivity contribution in [1.82, 2.24) is 9.66 Å². The van der Waals surface area contributed by atoms with E-state index in [1.807, 2.05) is 48.5 Å². The van der Waals surface area contributed by atoms with E-state index in [0.717, 1.165) is 44.7 Å². The van der Waals surface area contributed by atoms with Crippen LogP contribution in [0, 0.1) is 0 Å². The van der Waals surface area contributed by atoms with Crippen molar-refractivity contribution in [2.24, 2.45) is 5.10 Å². The zero-order valence-corrected chi connectivity index (χ0v) is 25.6. The van der Waals surface area contributed by atoms with Crippen molar-refractivity contribution in [2.45, 2.75) is 44.6 Å². The Kier molecular flexibility index (Phi) is 8.65. The van der Waals surface area contributed by atoms with Gasteiger partial charge >= 0.3 is 0 Å². The van der Waals surface area contributed by atoms with E-state index in [1.165, 1.54) is 11.1 Å². The van der Waals surface area contributed by atoms with Gasteiger partial charge in [0.15, 0.2) is 11.5 Å². The fourth-order valence-electron chi connectivity index (χ4n) is 4.78. The highest BCUT2D eigenvalue weighted by Gasteiger charge is 2.22. The molecule has 5 rings (SSSR count). The third kappa shape index (κ3) is 5.90. The lowest BCUT2D eigenvalue weighted by Gasteiger charge is -2.22. The molecule has 1 heterocycles. The summed E-state index contributed by atoms with van der Waals surface area (Å²) in [6.07, 6.45) is 7.13. The van der Waals surface area contributed by atoms with Crippen LogP contribution in [0.5, 0.6) is 11.5 Å². The maximum atomic E-state index is 13.6. The Morgan fingerprint density at radius 1 is 1.03 bits per heavy atom. The Hall–Kier alpha value is -2.49. The summed E-state index contributed by atoms with van der Waals surface area (Å²) in [5.41, 5.74) is 2.20. The van der Waals surface area contributed by atoms with E-state index in [1.54, 1.807) is 19.4 Å². The lowest BCUT2D eigenvalue weighted by molar-refractivity contribution is 0.283. The standard InChI is InChI=1S/C29H26Br3N3O3/c1-37-26-15-22(31)13-20(27(26)38-17-19-11-12-21(30)14-24(19)32)16-33-35-28(18-7-3-2-4-8-18)34-25-10-6-5-9-23(25)29(35)36/h5-6,9-16,18H,2-4,7-8,17H2,1H3. The van der Waals surface area contributed by atoms with Crippen molar-refractivity contribution in [3.63, 3.8) is 0 Å². The monoisotopic (exact) mass is 701 g/mol. The van der Waals surface area contributed by atoms with Gasteiger partial charge in [0.2, 0.25) is 0 Å². The van der Waals surface area contributed by atoms with Gasteiger partial charge in [-0.3, -0.25) is 4.79 Å². The SMILES string of the molecule is COc1cc(Br)cc(C=Nn2c(C3CCCCC3)nc3ccccc3c2=O)c1OCc1ccc(Br)cc1Br. The minimum Gasteiger partial charge on any atom is -0.493 e. The number of rotatable bonds is 7. The molecule has 0 unspecified atom stereocenters. The molecule has 0 bridgehead atoms. The van der Waals surface area contributed by atoms with Gasteiger partial charge in [0.1, 0.15) is 12.4 Å². The topological polar surface area (TPSA) is 65.7 Å². The number of para-hydroxylation sites is 1. The predicted octanol–water partition coefficient (Wildman–Crippen LogP) is 8.20. The van der Waals surface area contributed by atoms with Crippen molar-refractivity contribution >= 4 is 64.9 Å². The van der Waals surface area contributed by atoms with E-state index in [4.69, 9.17) is 19.6 Å². The molecular formula is C29H26Br3N3O3. The second kappa shape index (κ2) is 12.1. The van der Waals surface area contributed by atoms with Gasteiger partial charge in [-0.1, -0.05) is 85.3 Å². The van der Waals surface area contributed by atoms with Crippen molar-refractivity contribution in [2.75, 3.05) is 7.11 Å². The summed E-state index contributed by atoms with van der Waals surface area (Å²) < 4.78 is 16.1. The molecule has 0 atom stereocenters. The molecule has 1 saturated carbocycles. The van der Waals surface area contributed by atoms with Gasteiger partial charge < -0.3 is 9.47 Å². The minimum absolute atomic E-state index is 0.171. The first-order valence-corrected chi connectivity index (χ1v) is 14.8. The van der Waals surface area contributed by atoms with Crippen LogP contribution < -0.4 is 15.0 Å². The molecule has 1 fully saturated rings. The summed E-state index contributed by atoms with van der Waals surface area (Å²) in [5, 5.41) is 5.26. The zero-order valence-electron chi connectivity index (χ0n) is 20.8. The number of halogens is 3. The molecular weight excluding hydrogens is 678 g/mol. The van der Waals surface area contributed by atoms with E-state index in [9.17, 15) is 4.79 Å². The van der Waals surface area contributed by atoms with E-state index in [-0.39, 0.29) is 11.5 Å². The number of fused-ring (bicyclic) bond motifs is 1. The summed E-state index contributed by atoms with van der Waals surface area (Å²) in [5.74, 6) is 2.01. The highest BCUT2D eigenvalue weighted by Crippen LogP contribution is 2.36. The van der Waals surface area contributed by atoms with Crippen molar-refractivity contribution in [3.8, 4) is 11.5 Å². The second-order valence-electron chi connectivity index (χ2n) is 9.23. The number of ether oxygens (including phenoxy) is 2. The Morgan fingerprint density at radius 3 is 2.58 bits per heavy atom. The molecule has 4 aromatic rings. The molecule has 0 spiro atoms. The Morgan fingerprint density at radius 2 is 1.82 bits per heavy atom. The summed E-state index contributed by atoms with van der Waals surface area (Å²) in [4.78, 5) is 18.5. The van der Waals surface area contributed by atoms with Crippen LogP contribution in [0.15, 0.2) is 77.9 Å². The highest BCUT2D eigenvalue weighted by molar-refractivity contribution is 9.11. The largest absolute Gasteiger partial charge is 0.493 e. The lowest BCUT2D eigenvalue weighted by atomic mass is 9.88. The number of hydrogen-bond donors (Lipinski definition) is 0. The molecule has 1 aliphatic rings. The minimum atomic E-state index is -0.171. The van der Waals surface area contributed by atoms with Gasteiger partial charge in [-0.2, -0.15) is 9.78 Å². The third-order valence-corrected chi connectivity index (χ3v) is 8.41. The van der Waals surface area contributed by atoms with Gasteiger partial charge in [-0.05, 0) is 49.2 Å². The predicted molar refractivity (Wildman–Crippen MR) is 162 cm³/mol. The van der Waals surface area contributed by atoms with Crippen molar-refractivity contribution < 1.29 is 9.47 Å².